The number of nitrogens with one attached hydrogen (secondary N) is 1. The molecule has 4 heteroatoms. The Bertz CT molecular complexity index is 380. The minimum atomic E-state index is -1.13. The first-order valence-corrected chi connectivity index (χ1v) is 6.38. The van der Waals surface area contributed by atoms with Crippen molar-refractivity contribution in [3.05, 3.63) is 35.1 Å². The number of aryl methyl sites for hydroxylation is 1. The van der Waals surface area contributed by atoms with Crippen molar-refractivity contribution in [2.45, 2.75) is 33.1 Å². The van der Waals surface area contributed by atoms with Crippen LogP contribution < -0.4 is 5.32 Å². The monoisotopic (exact) mass is 259 g/mol. The summed E-state index contributed by atoms with van der Waals surface area (Å²) in [5.41, 5.74) is 0.254. The van der Waals surface area contributed by atoms with Gasteiger partial charge in [-0.3, -0.25) is 0 Å². The van der Waals surface area contributed by atoms with Crippen LogP contribution >= 0.6 is 0 Å². The Hall–Kier alpha value is -1.03. The van der Waals surface area contributed by atoms with Gasteiger partial charge in [0, 0.05) is 6.07 Å². The minimum absolute atomic E-state index is 0.254. The lowest BCUT2D eigenvalue weighted by molar-refractivity contribution is 0.460. The van der Waals surface area contributed by atoms with E-state index >= 15 is 0 Å². The first kappa shape index (κ1) is 15.0. The molecule has 0 heterocycles. The Morgan fingerprint density at radius 1 is 1.06 bits per heavy atom. The predicted octanol–water partition coefficient (Wildman–Crippen LogP) is 3.67. The molecule has 0 saturated carbocycles. The van der Waals surface area contributed by atoms with Gasteiger partial charge in [0.2, 0.25) is 0 Å². The van der Waals surface area contributed by atoms with Crippen molar-refractivity contribution in [1.29, 1.82) is 0 Å². The van der Waals surface area contributed by atoms with E-state index in [-0.39, 0.29) is 5.56 Å². The lowest BCUT2D eigenvalue weighted by atomic mass is 9.98. The zero-order valence-electron chi connectivity index (χ0n) is 10.9. The smallest absolute Gasteiger partial charge is 0.161 e. The van der Waals surface area contributed by atoms with Crippen LogP contribution in [0.1, 0.15) is 32.3 Å². The van der Waals surface area contributed by atoms with Crippen molar-refractivity contribution >= 4 is 0 Å². The molecule has 0 aliphatic rings. The molecule has 0 fully saturated rings. The molecule has 1 aromatic rings. The van der Waals surface area contributed by atoms with E-state index in [1.54, 1.807) is 0 Å². The molecule has 1 atom stereocenters. The molecule has 0 aromatic heterocycles. The average molecular weight is 259 g/mol. The lowest BCUT2D eigenvalue weighted by Crippen LogP contribution is -2.16. The molecule has 0 spiro atoms. The fraction of sp³-hybridized carbons (Fsp3) is 0.571. The second-order valence-electron chi connectivity index (χ2n) is 4.64. The largest absolute Gasteiger partial charge is 0.317 e. The fourth-order valence-electron chi connectivity index (χ4n) is 1.83. The predicted molar refractivity (Wildman–Crippen MR) is 67.0 cm³/mol. The van der Waals surface area contributed by atoms with Crippen LogP contribution in [0.25, 0.3) is 0 Å². The van der Waals surface area contributed by atoms with Gasteiger partial charge in [-0.1, -0.05) is 13.8 Å². The van der Waals surface area contributed by atoms with Crippen molar-refractivity contribution in [2.75, 3.05) is 13.1 Å². The molecule has 1 aromatic carbocycles. The third-order valence-corrected chi connectivity index (χ3v) is 3.06. The van der Waals surface area contributed by atoms with Crippen LogP contribution in [0.4, 0.5) is 13.2 Å². The van der Waals surface area contributed by atoms with E-state index in [1.165, 1.54) is 0 Å². The van der Waals surface area contributed by atoms with E-state index in [1.807, 2.05) is 6.92 Å². The van der Waals surface area contributed by atoms with Gasteiger partial charge in [0.15, 0.2) is 11.6 Å². The highest BCUT2D eigenvalue weighted by atomic mass is 19.2. The molecule has 102 valence electrons. The van der Waals surface area contributed by atoms with E-state index in [0.29, 0.717) is 18.4 Å². The summed E-state index contributed by atoms with van der Waals surface area (Å²) in [6, 6.07) is 1.58. The third-order valence-electron chi connectivity index (χ3n) is 3.06. The Morgan fingerprint density at radius 2 is 1.72 bits per heavy atom. The maximum absolute atomic E-state index is 13.4. The lowest BCUT2D eigenvalue weighted by Gasteiger charge is -2.12. The van der Waals surface area contributed by atoms with Crippen LogP contribution in [0.15, 0.2) is 12.1 Å². The first-order valence-electron chi connectivity index (χ1n) is 6.38. The Balaban J connectivity index is 2.45. The standard InChI is InChI=1S/C14H20F3N/c1-3-18-7-6-10(2)4-5-11-8-13(16)14(17)9-12(11)15/h8-10,18H,3-7H2,1-2H3. The van der Waals surface area contributed by atoms with Gasteiger partial charge < -0.3 is 5.32 Å². The van der Waals surface area contributed by atoms with E-state index in [4.69, 9.17) is 0 Å². The van der Waals surface area contributed by atoms with E-state index in [9.17, 15) is 13.2 Å². The summed E-state index contributed by atoms with van der Waals surface area (Å²) >= 11 is 0. The van der Waals surface area contributed by atoms with Crippen LogP contribution in [-0.4, -0.2) is 13.1 Å². The number of hydrogen-bond donors (Lipinski definition) is 1. The molecular formula is C14H20F3N. The molecule has 0 radical (unpaired) electrons. The van der Waals surface area contributed by atoms with Crippen LogP contribution in [-0.2, 0) is 6.42 Å². The van der Waals surface area contributed by atoms with Crippen molar-refractivity contribution in [3.8, 4) is 0 Å². The summed E-state index contributed by atoms with van der Waals surface area (Å²) in [6.45, 7) is 5.99. The maximum Gasteiger partial charge on any atom is 0.161 e. The molecule has 0 saturated heterocycles. The normalized spacial score (nSPS) is 12.7. The van der Waals surface area contributed by atoms with Gasteiger partial charge in [-0.25, -0.2) is 13.2 Å². The van der Waals surface area contributed by atoms with Gasteiger partial charge >= 0.3 is 0 Å². The summed E-state index contributed by atoms with van der Waals surface area (Å²) in [5, 5.41) is 3.22. The summed E-state index contributed by atoms with van der Waals surface area (Å²) in [6.07, 6.45) is 2.21. The topological polar surface area (TPSA) is 12.0 Å². The Kier molecular flexibility index (Phi) is 6.19. The van der Waals surface area contributed by atoms with Crippen molar-refractivity contribution in [3.63, 3.8) is 0 Å². The average Bonchev–Trinajstić information content (AvgIpc) is 2.32. The molecule has 1 unspecified atom stereocenters. The molecule has 0 aliphatic heterocycles. The second kappa shape index (κ2) is 7.41. The van der Waals surface area contributed by atoms with Gasteiger partial charge in [-0.05, 0) is 49.9 Å². The van der Waals surface area contributed by atoms with E-state index < -0.39 is 17.5 Å². The first-order chi connectivity index (χ1) is 8.54. The summed E-state index contributed by atoms with van der Waals surface area (Å²) in [4.78, 5) is 0. The number of halogens is 3. The van der Waals surface area contributed by atoms with Gasteiger partial charge in [0.05, 0.1) is 0 Å². The van der Waals surface area contributed by atoms with Crippen molar-refractivity contribution in [2.24, 2.45) is 5.92 Å². The molecule has 1 nitrogen and oxygen atoms in total. The van der Waals surface area contributed by atoms with Gasteiger partial charge in [-0.15, -0.1) is 0 Å². The van der Waals surface area contributed by atoms with Gasteiger partial charge in [0.25, 0.3) is 0 Å². The number of hydrogen-bond acceptors (Lipinski definition) is 1. The van der Waals surface area contributed by atoms with E-state index in [0.717, 1.165) is 32.0 Å². The molecule has 1 N–H and O–H groups in total. The summed E-state index contributed by atoms with van der Waals surface area (Å²) in [7, 11) is 0. The van der Waals surface area contributed by atoms with Crippen LogP contribution in [0.5, 0.6) is 0 Å². The van der Waals surface area contributed by atoms with Crippen molar-refractivity contribution < 1.29 is 13.2 Å². The minimum Gasteiger partial charge on any atom is -0.317 e. The van der Waals surface area contributed by atoms with Gasteiger partial charge in [0.1, 0.15) is 5.82 Å². The molecule has 1 rings (SSSR count). The Morgan fingerprint density at radius 3 is 2.39 bits per heavy atom. The van der Waals surface area contributed by atoms with Crippen molar-refractivity contribution in [1.82, 2.24) is 5.32 Å². The highest BCUT2D eigenvalue weighted by molar-refractivity contribution is 5.20. The molecule has 0 aliphatic carbocycles. The molecule has 0 bridgehead atoms. The highest BCUT2D eigenvalue weighted by Crippen LogP contribution is 2.18. The zero-order valence-corrected chi connectivity index (χ0v) is 10.9. The van der Waals surface area contributed by atoms with Crippen LogP contribution in [0.3, 0.4) is 0 Å². The zero-order chi connectivity index (χ0) is 13.5. The molecule has 18 heavy (non-hydrogen) atoms. The SMILES string of the molecule is CCNCCC(C)CCc1cc(F)c(F)cc1F. The molecule has 0 amide bonds. The third kappa shape index (κ3) is 4.69. The number of rotatable bonds is 7. The summed E-state index contributed by atoms with van der Waals surface area (Å²) < 4.78 is 39.1. The van der Waals surface area contributed by atoms with Gasteiger partial charge in [-0.2, -0.15) is 0 Å². The second-order valence-corrected chi connectivity index (χ2v) is 4.64. The highest BCUT2D eigenvalue weighted by Gasteiger charge is 2.11. The van der Waals surface area contributed by atoms with E-state index in [2.05, 4.69) is 12.2 Å². The summed E-state index contributed by atoms with van der Waals surface area (Å²) in [5.74, 6) is -2.34. The quantitative estimate of drug-likeness (QED) is 0.582. The Labute approximate surface area is 106 Å². The van der Waals surface area contributed by atoms with Crippen LogP contribution in [0, 0.1) is 23.4 Å². The molecular weight excluding hydrogens is 239 g/mol. The van der Waals surface area contributed by atoms with Crippen LogP contribution in [0.2, 0.25) is 0 Å². The fourth-order valence-corrected chi connectivity index (χ4v) is 1.83. The maximum atomic E-state index is 13.4. The number of benzene rings is 1.